The normalized spacial score (nSPS) is 13.5. The topological polar surface area (TPSA) is 46.2 Å². The third kappa shape index (κ3) is 11.6. The largest absolute Gasteiger partial charge is 0.392 e. The third-order valence-electron chi connectivity index (χ3n) is 2.58. The molecule has 1 unspecified atom stereocenters. The summed E-state index contributed by atoms with van der Waals surface area (Å²) in [7, 11) is 0. The molecule has 3 N–H and O–H groups in total. The summed E-state index contributed by atoms with van der Waals surface area (Å²) in [6.45, 7) is 2.62. The second kappa shape index (κ2) is 11.7. The molecule has 0 saturated carbocycles. The smallest absolute Gasteiger partial charge is 0.0665 e. The van der Waals surface area contributed by atoms with Crippen LogP contribution >= 0.6 is 0 Å². The Balaban J connectivity index is 3.10. The van der Waals surface area contributed by atoms with Crippen molar-refractivity contribution < 1.29 is 5.11 Å². The van der Waals surface area contributed by atoms with Crippen molar-refractivity contribution in [1.29, 1.82) is 0 Å². The minimum absolute atomic E-state index is 0.320. The lowest BCUT2D eigenvalue weighted by molar-refractivity contribution is 0.174. The van der Waals surface area contributed by atoms with E-state index in [2.05, 4.69) is 19.1 Å². The Morgan fingerprint density at radius 2 is 1.73 bits per heavy atom. The maximum atomic E-state index is 9.20. The van der Waals surface area contributed by atoms with Crippen LogP contribution in [-0.2, 0) is 0 Å². The van der Waals surface area contributed by atoms with Crippen LogP contribution in [0.2, 0.25) is 0 Å². The highest BCUT2D eigenvalue weighted by Crippen LogP contribution is 2.06. The molecule has 0 fully saturated rings. The molecular weight excluding hydrogens is 186 g/mol. The van der Waals surface area contributed by atoms with Crippen LogP contribution < -0.4 is 5.73 Å². The lowest BCUT2D eigenvalue weighted by atomic mass is 10.1. The average molecular weight is 213 g/mol. The summed E-state index contributed by atoms with van der Waals surface area (Å²) in [5.74, 6) is 0. The molecule has 90 valence electrons. The Morgan fingerprint density at radius 3 is 2.40 bits per heavy atom. The maximum absolute atomic E-state index is 9.20. The van der Waals surface area contributed by atoms with Crippen molar-refractivity contribution in [3.8, 4) is 0 Å². The fourth-order valence-corrected chi connectivity index (χ4v) is 1.51. The number of allylic oxidation sites excluding steroid dienone is 2. The molecule has 0 radical (unpaired) electrons. The lowest BCUT2D eigenvalue weighted by Crippen LogP contribution is -2.18. The van der Waals surface area contributed by atoms with Crippen LogP contribution in [0.25, 0.3) is 0 Å². The molecule has 0 aliphatic carbocycles. The number of unbranched alkanes of at least 4 members (excludes halogenated alkanes) is 5. The number of hydrogen-bond donors (Lipinski definition) is 2. The zero-order chi connectivity index (χ0) is 11.4. The quantitative estimate of drug-likeness (QED) is 0.433. The Bertz CT molecular complexity index is 145. The first kappa shape index (κ1) is 14.7. The molecule has 0 bridgehead atoms. The van der Waals surface area contributed by atoms with Crippen LogP contribution in [0, 0.1) is 0 Å². The molecule has 0 aliphatic heterocycles. The first-order chi connectivity index (χ1) is 7.31. The molecular formula is C13H27NO. The van der Waals surface area contributed by atoms with Crippen molar-refractivity contribution in [3.63, 3.8) is 0 Å². The van der Waals surface area contributed by atoms with Gasteiger partial charge >= 0.3 is 0 Å². The SMILES string of the molecule is CCCCCCCC=CCCC(O)CN. The zero-order valence-corrected chi connectivity index (χ0v) is 10.1. The third-order valence-corrected chi connectivity index (χ3v) is 2.58. The summed E-state index contributed by atoms with van der Waals surface area (Å²) < 4.78 is 0. The van der Waals surface area contributed by atoms with Crippen molar-refractivity contribution in [2.75, 3.05) is 6.54 Å². The van der Waals surface area contributed by atoms with E-state index in [9.17, 15) is 5.11 Å². The molecule has 2 nitrogen and oxygen atoms in total. The number of rotatable bonds is 10. The van der Waals surface area contributed by atoms with E-state index in [1.165, 1.54) is 38.5 Å². The summed E-state index contributed by atoms with van der Waals surface area (Å²) >= 11 is 0. The Labute approximate surface area is 94.6 Å². The van der Waals surface area contributed by atoms with Gasteiger partial charge in [0.2, 0.25) is 0 Å². The molecule has 0 aromatic carbocycles. The molecule has 1 atom stereocenters. The van der Waals surface area contributed by atoms with Crippen molar-refractivity contribution in [2.24, 2.45) is 5.73 Å². The molecule has 2 heteroatoms. The summed E-state index contributed by atoms with van der Waals surface area (Å²) in [5.41, 5.74) is 5.31. The standard InChI is InChI=1S/C13H27NO/c1-2-3-4-5-6-7-8-9-10-11-13(15)12-14/h8-9,13,15H,2-7,10-12,14H2,1H3. The number of aliphatic hydroxyl groups excluding tert-OH is 1. The molecule has 0 heterocycles. The van der Waals surface area contributed by atoms with Crippen LogP contribution in [0.5, 0.6) is 0 Å². The van der Waals surface area contributed by atoms with Gasteiger partial charge in [0.15, 0.2) is 0 Å². The van der Waals surface area contributed by atoms with E-state index in [-0.39, 0.29) is 6.10 Å². The predicted octanol–water partition coefficient (Wildman–Crippen LogP) is 3.00. The fourth-order valence-electron chi connectivity index (χ4n) is 1.51. The van der Waals surface area contributed by atoms with E-state index < -0.39 is 0 Å². The summed E-state index contributed by atoms with van der Waals surface area (Å²) in [5, 5.41) is 9.20. The van der Waals surface area contributed by atoms with Gasteiger partial charge in [-0.15, -0.1) is 0 Å². The van der Waals surface area contributed by atoms with E-state index in [4.69, 9.17) is 5.73 Å². The van der Waals surface area contributed by atoms with Gasteiger partial charge in [0, 0.05) is 6.54 Å². The maximum Gasteiger partial charge on any atom is 0.0665 e. The first-order valence-corrected chi connectivity index (χ1v) is 6.34. The van der Waals surface area contributed by atoms with E-state index in [1.54, 1.807) is 0 Å². The number of nitrogens with two attached hydrogens (primary N) is 1. The van der Waals surface area contributed by atoms with Crippen LogP contribution in [0.4, 0.5) is 0 Å². The van der Waals surface area contributed by atoms with E-state index >= 15 is 0 Å². The number of hydrogen-bond acceptors (Lipinski definition) is 2. The van der Waals surface area contributed by atoms with Gasteiger partial charge in [-0.05, 0) is 25.7 Å². The minimum atomic E-state index is -0.320. The van der Waals surface area contributed by atoms with Gasteiger partial charge in [-0.2, -0.15) is 0 Å². The predicted molar refractivity (Wildman–Crippen MR) is 66.8 cm³/mol. The van der Waals surface area contributed by atoms with Gasteiger partial charge in [-0.25, -0.2) is 0 Å². The highest BCUT2D eigenvalue weighted by molar-refractivity contribution is 4.82. The van der Waals surface area contributed by atoms with E-state index in [0.29, 0.717) is 6.54 Å². The molecule has 0 saturated heterocycles. The van der Waals surface area contributed by atoms with Crippen LogP contribution in [0.3, 0.4) is 0 Å². The molecule has 0 aliphatic rings. The fraction of sp³-hybridized carbons (Fsp3) is 0.846. The van der Waals surface area contributed by atoms with Gasteiger partial charge in [0.25, 0.3) is 0 Å². The number of aliphatic hydroxyl groups is 1. The second-order valence-corrected chi connectivity index (χ2v) is 4.14. The Kier molecular flexibility index (Phi) is 11.5. The van der Waals surface area contributed by atoms with Gasteiger partial charge in [0.05, 0.1) is 6.10 Å². The minimum Gasteiger partial charge on any atom is -0.392 e. The lowest BCUT2D eigenvalue weighted by Gasteiger charge is -2.03. The van der Waals surface area contributed by atoms with Crippen LogP contribution in [0.15, 0.2) is 12.2 Å². The average Bonchev–Trinajstić information content (AvgIpc) is 2.26. The molecule has 0 aromatic rings. The molecule has 0 spiro atoms. The van der Waals surface area contributed by atoms with Gasteiger partial charge in [0.1, 0.15) is 0 Å². The summed E-state index contributed by atoms with van der Waals surface area (Å²) in [6, 6.07) is 0. The van der Waals surface area contributed by atoms with Gasteiger partial charge in [-0.1, -0.05) is 44.8 Å². The molecule has 15 heavy (non-hydrogen) atoms. The highest BCUT2D eigenvalue weighted by atomic mass is 16.3. The van der Waals surface area contributed by atoms with Gasteiger partial charge < -0.3 is 10.8 Å². The second-order valence-electron chi connectivity index (χ2n) is 4.14. The van der Waals surface area contributed by atoms with E-state index in [1.807, 2.05) is 0 Å². The van der Waals surface area contributed by atoms with Crippen molar-refractivity contribution in [2.45, 2.75) is 64.4 Å². The van der Waals surface area contributed by atoms with Crippen molar-refractivity contribution >= 4 is 0 Å². The first-order valence-electron chi connectivity index (χ1n) is 6.34. The Morgan fingerprint density at radius 1 is 1.07 bits per heavy atom. The monoisotopic (exact) mass is 213 g/mol. The van der Waals surface area contributed by atoms with Gasteiger partial charge in [-0.3, -0.25) is 0 Å². The van der Waals surface area contributed by atoms with Crippen molar-refractivity contribution in [1.82, 2.24) is 0 Å². The van der Waals surface area contributed by atoms with Crippen molar-refractivity contribution in [3.05, 3.63) is 12.2 Å². The zero-order valence-electron chi connectivity index (χ0n) is 10.1. The van der Waals surface area contributed by atoms with E-state index in [0.717, 1.165) is 12.8 Å². The summed E-state index contributed by atoms with van der Waals surface area (Å²) in [4.78, 5) is 0. The molecule has 0 rings (SSSR count). The Hall–Kier alpha value is -0.340. The molecule has 0 aromatic heterocycles. The molecule has 0 amide bonds. The van der Waals surface area contributed by atoms with Crippen LogP contribution in [0.1, 0.15) is 58.3 Å². The highest BCUT2D eigenvalue weighted by Gasteiger charge is 1.96. The van der Waals surface area contributed by atoms with Crippen LogP contribution in [-0.4, -0.2) is 17.8 Å². The summed E-state index contributed by atoms with van der Waals surface area (Å²) in [6.07, 6.45) is 13.7.